The van der Waals surface area contributed by atoms with Gasteiger partial charge in [-0.3, -0.25) is 9.59 Å². The van der Waals surface area contributed by atoms with Crippen molar-refractivity contribution >= 4 is 18.0 Å². The molecule has 9 heteroatoms. The summed E-state index contributed by atoms with van der Waals surface area (Å²) in [6.45, 7) is 0.254. The highest BCUT2D eigenvalue weighted by Gasteiger charge is 2.37. The van der Waals surface area contributed by atoms with Gasteiger partial charge in [0.2, 0.25) is 12.3 Å². The molecule has 0 radical (unpaired) electrons. The maximum absolute atomic E-state index is 13.2. The average Bonchev–Trinajstić information content (AvgIpc) is 3.38. The number of nitrogens with zero attached hydrogens (tertiary/aromatic N) is 1. The van der Waals surface area contributed by atoms with E-state index in [1.807, 2.05) is 48.5 Å². The van der Waals surface area contributed by atoms with Crippen LogP contribution in [0.25, 0.3) is 11.1 Å². The van der Waals surface area contributed by atoms with Crippen molar-refractivity contribution in [3.63, 3.8) is 0 Å². The van der Waals surface area contributed by atoms with Crippen LogP contribution in [0.3, 0.4) is 0 Å². The van der Waals surface area contributed by atoms with Crippen LogP contribution in [-0.4, -0.2) is 59.6 Å². The van der Waals surface area contributed by atoms with Gasteiger partial charge < -0.3 is 20.1 Å². The van der Waals surface area contributed by atoms with Crippen molar-refractivity contribution in [3.8, 4) is 11.1 Å². The van der Waals surface area contributed by atoms with E-state index in [-0.39, 0.29) is 25.5 Å². The fourth-order valence-electron chi connectivity index (χ4n) is 4.92. The molecule has 2 amide bonds. The second-order valence-corrected chi connectivity index (χ2v) is 8.57. The van der Waals surface area contributed by atoms with Gasteiger partial charge in [0.1, 0.15) is 12.6 Å². The maximum atomic E-state index is 13.2. The number of hydrogen-bond acceptors (Lipinski definition) is 4. The van der Waals surface area contributed by atoms with Crippen molar-refractivity contribution in [1.29, 1.82) is 0 Å². The molecule has 0 spiro atoms. The summed E-state index contributed by atoms with van der Waals surface area (Å²) in [6.07, 6.45) is -3.88. The quantitative estimate of drug-likeness (QED) is 0.605. The Labute approximate surface area is 195 Å². The molecule has 1 saturated heterocycles. The Kier molecular flexibility index (Phi) is 7.09. The lowest BCUT2D eigenvalue weighted by molar-refractivity contribution is -0.141. The van der Waals surface area contributed by atoms with E-state index in [0.29, 0.717) is 12.8 Å². The number of hydrogen-bond donors (Lipinski definition) is 2. The van der Waals surface area contributed by atoms with Crippen LogP contribution in [0.2, 0.25) is 0 Å². The third-order valence-corrected chi connectivity index (χ3v) is 6.42. The lowest BCUT2D eigenvalue weighted by atomic mass is 9.98. The van der Waals surface area contributed by atoms with Gasteiger partial charge in [-0.25, -0.2) is 13.6 Å². The first-order valence-corrected chi connectivity index (χ1v) is 11.3. The normalized spacial score (nSPS) is 17.9. The zero-order valence-corrected chi connectivity index (χ0v) is 18.5. The van der Waals surface area contributed by atoms with Gasteiger partial charge in [0.25, 0.3) is 0 Å². The standard InChI is InChI=1S/C25H26F2N2O5/c26-22(27)13-21(24(32)29-11-5-6-15(29)12-23(30)31)28-25(33)34-14-20-18-9-3-1-7-16(18)17-8-2-4-10-19(17)20/h1-4,7-10,15,20-22H,5-6,11-14H2,(H,28,33)(H,30,31)/t15-,21?/m0/s1. The Morgan fingerprint density at radius 1 is 1.06 bits per heavy atom. The number of aliphatic carboxylic acids is 1. The van der Waals surface area contributed by atoms with Crippen LogP contribution in [0.1, 0.15) is 42.7 Å². The summed E-state index contributed by atoms with van der Waals surface area (Å²) < 4.78 is 31.8. The molecule has 1 aliphatic heterocycles. The number of nitrogens with one attached hydrogen (secondary N) is 1. The van der Waals surface area contributed by atoms with E-state index < -0.39 is 42.9 Å². The number of amides is 2. The van der Waals surface area contributed by atoms with Gasteiger partial charge >= 0.3 is 12.1 Å². The molecule has 1 fully saturated rings. The molecule has 1 heterocycles. The summed E-state index contributed by atoms with van der Waals surface area (Å²) in [6, 6.07) is 13.5. The minimum Gasteiger partial charge on any atom is -0.481 e. The molecular weight excluding hydrogens is 446 g/mol. The maximum Gasteiger partial charge on any atom is 0.407 e. The number of fused-ring (bicyclic) bond motifs is 3. The summed E-state index contributed by atoms with van der Waals surface area (Å²) >= 11 is 0. The first-order valence-electron chi connectivity index (χ1n) is 11.3. The number of carbonyl (C=O) groups excluding carboxylic acids is 2. The fraction of sp³-hybridized carbons (Fsp3) is 0.400. The number of ether oxygens (including phenoxy) is 1. The van der Waals surface area contributed by atoms with Gasteiger partial charge in [-0.15, -0.1) is 0 Å². The SMILES string of the molecule is O=C(O)C[C@@H]1CCCN1C(=O)C(CC(F)F)NC(=O)OCC1c2ccccc2-c2ccccc21. The monoisotopic (exact) mass is 472 g/mol. The van der Waals surface area contributed by atoms with E-state index in [1.165, 1.54) is 4.90 Å². The molecule has 1 aliphatic carbocycles. The molecule has 180 valence electrons. The van der Waals surface area contributed by atoms with E-state index in [2.05, 4.69) is 5.32 Å². The molecule has 2 aliphatic rings. The van der Waals surface area contributed by atoms with Gasteiger partial charge in [0.15, 0.2) is 0 Å². The van der Waals surface area contributed by atoms with Crippen LogP contribution in [0.5, 0.6) is 0 Å². The van der Waals surface area contributed by atoms with E-state index in [1.54, 1.807) is 0 Å². The van der Waals surface area contributed by atoms with Gasteiger partial charge in [0, 0.05) is 24.9 Å². The van der Waals surface area contributed by atoms with Gasteiger partial charge in [-0.05, 0) is 35.1 Å². The van der Waals surface area contributed by atoms with E-state index in [0.717, 1.165) is 22.3 Å². The molecule has 7 nitrogen and oxygen atoms in total. The lowest BCUT2D eigenvalue weighted by Gasteiger charge is -2.28. The number of alkyl halides is 2. The smallest absolute Gasteiger partial charge is 0.407 e. The largest absolute Gasteiger partial charge is 0.481 e. The molecular formula is C25H26F2N2O5. The topological polar surface area (TPSA) is 95.9 Å². The number of carboxylic acid groups (broad SMARTS) is 1. The number of likely N-dealkylation sites (tertiary alicyclic amines) is 1. The molecule has 2 atom stereocenters. The molecule has 2 N–H and O–H groups in total. The Morgan fingerprint density at radius 2 is 1.68 bits per heavy atom. The van der Waals surface area contributed by atoms with E-state index in [4.69, 9.17) is 9.84 Å². The number of benzene rings is 2. The summed E-state index contributed by atoms with van der Waals surface area (Å²) in [5, 5.41) is 11.4. The van der Waals surface area contributed by atoms with Crippen molar-refractivity contribution < 1.29 is 33.0 Å². The van der Waals surface area contributed by atoms with Crippen molar-refractivity contribution in [2.24, 2.45) is 0 Å². The van der Waals surface area contributed by atoms with Crippen molar-refractivity contribution in [2.75, 3.05) is 13.2 Å². The molecule has 0 aromatic heterocycles. The molecule has 4 rings (SSSR count). The van der Waals surface area contributed by atoms with Crippen LogP contribution in [-0.2, 0) is 14.3 Å². The summed E-state index contributed by atoms with van der Waals surface area (Å²) in [5.41, 5.74) is 4.11. The first-order chi connectivity index (χ1) is 16.3. The Hall–Kier alpha value is -3.49. The van der Waals surface area contributed by atoms with Crippen molar-refractivity contribution in [3.05, 3.63) is 59.7 Å². The lowest BCUT2D eigenvalue weighted by Crippen LogP contribution is -2.51. The van der Waals surface area contributed by atoms with Gasteiger partial charge in [0.05, 0.1) is 6.42 Å². The van der Waals surface area contributed by atoms with E-state index in [9.17, 15) is 23.2 Å². The van der Waals surface area contributed by atoms with Crippen LogP contribution in [0.15, 0.2) is 48.5 Å². The number of carbonyl (C=O) groups is 3. The fourth-order valence-corrected chi connectivity index (χ4v) is 4.92. The Bertz CT molecular complexity index is 1030. The molecule has 0 bridgehead atoms. The number of alkyl carbamates (subject to hydrolysis) is 1. The zero-order chi connectivity index (χ0) is 24.2. The van der Waals surface area contributed by atoms with Crippen LogP contribution in [0.4, 0.5) is 13.6 Å². The minimum absolute atomic E-state index is 0.0131. The summed E-state index contributed by atoms with van der Waals surface area (Å²) in [7, 11) is 0. The van der Waals surface area contributed by atoms with Gasteiger partial charge in [-0.2, -0.15) is 0 Å². The van der Waals surface area contributed by atoms with Gasteiger partial charge in [-0.1, -0.05) is 48.5 Å². The molecule has 0 saturated carbocycles. The van der Waals surface area contributed by atoms with Crippen LogP contribution in [0, 0.1) is 0 Å². The van der Waals surface area contributed by atoms with Crippen LogP contribution < -0.4 is 5.32 Å². The Balaban J connectivity index is 1.43. The number of rotatable bonds is 8. The third kappa shape index (κ3) is 5.03. The highest BCUT2D eigenvalue weighted by molar-refractivity contribution is 5.86. The summed E-state index contributed by atoms with van der Waals surface area (Å²) in [5.74, 6) is -1.99. The van der Waals surface area contributed by atoms with Crippen molar-refractivity contribution in [2.45, 2.75) is 50.1 Å². The van der Waals surface area contributed by atoms with E-state index >= 15 is 0 Å². The predicted octanol–water partition coefficient (Wildman–Crippen LogP) is 4.01. The third-order valence-electron chi connectivity index (χ3n) is 6.42. The molecule has 1 unspecified atom stereocenters. The molecule has 34 heavy (non-hydrogen) atoms. The molecule has 2 aromatic rings. The summed E-state index contributed by atoms with van der Waals surface area (Å²) in [4.78, 5) is 37.8. The second-order valence-electron chi connectivity index (χ2n) is 8.57. The highest BCUT2D eigenvalue weighted by atomic mass is 19.3. The first kappa shape index (κ1) is 23.7. The zero-order valence-electron chi connectivity index (χ0n) is 18.5. The highest BCUT2D eigenvalue weighted by Crippen LogP contribution is 2.44. The Morgan fingerprint density at radius 3 is 2.26 bits per heavy atom. The number of carboxylic acids is 1. The average molecular weight is 472 g/mol. The van der Waals surface area contributed by atoms with Crippen molar-refractivity contribution in [1.82, 2.24) is 10.2 Å². The molecule has 2 aromatic carbocycles. The second kappa shape index (κ2) is 10.2. The minimum atomic E-state index is -2.83. The number of halogens is 2. The predicted molar refractivity (Wildman–Crippen MR) is 120 cm³/mol. The van der Waals surface area contributed by atoms with Crippen LogP contribution >= 0.6 is 0 Å².